The fourth-order valence-corrected chi connectivity index (χ4v) is 3.33. The van der Waals surface area contributed by atoms with Crippen molar-refractivity contribution in [1.82, 2.24) is 0 Å². The summed E-state index contributed by atoms with van der Waals surface area (Å²) in [4.78, 5) is 0. The Morgan fingerprint density at radius 3 is 2.50 bits per heavy atom. The van der Waals surface area contributed by atoms with Gasteiger partial charge in [0, 0.05) is 19.6 Å². The molecule has 0 N–H and O–H groups in total. The van der Waals surface area contributed by atoms with Gasteiger partial charge in [-0.2, -0.15) is 0 Å². The fourth-order valence-electron chi connectivity index (χ4n) is 3.33. The van der Waals surface area contributed by atoms with Gasteiger partial charge in [-0.25, -0.2) is 0 Å². The molecule has 0 aromatic carbocycles. The summed E-state index contributed by atoms with van der Waals surface area (Å²) in [6.45, 7) is 3.86. The van der Waals surface area contributed by atoms with Gasteiger partial charge in [-0.3, -0.25) is 0 Å². The molecule has 0 fully saturated rings. The molecule has 0 radical (unpaired) electrons. The van der Waals surface area contributed by atoms with Crippen molar-refractivity contribution in [2.75, 3.05) is 27.4 Å². The van der Waals surface area contributed by atoms with Crippen molar-refractivity contribution < 1.29 is 9.47 Å². The first-order valence-electron chi connectivity index (χ1n) is 6.07. The van der Waals surface area contributed by atoms with E-state index in [0.717, 1.165) is 26.1 Å². The van der Waals surface area contributed by atoms with Crippen LogP contribution in [0, 0.1) is 5.41 Å². The quantitative estimate of drug-likeness (QED) is 0.727. The molecule has 0 amide bonds. The third-order valence-corrected chi connectivity index (χ3v) is 3.79. The van der Waals surface area contributed by atoms with Gasteiger partial charge in [0.05, 0.1) is 13.2 Å². The highest BCUT2D eigenvalue weighted by Crippen LogP contribution is 2.46. The first kappa shape index (κ1) is 11.9. The lowest BCUT2D eigenvalue weighted by Gasteiger charge is -2.38. The normalized spacial score (nSPS) is 23.3. The Labute approximate surface area is 98.3 Å². The maximum Gasteiger partial charge on any atom is 0.0547 e. The average molecular weight is 222 g/mol. The van der Waals surface area contributed by atoms with E-state index in [1.54, 1.807) is 30.9 Å². The number of ether oxygens (including phenoxy) is 2. The average Bonchev–Trinajstić information content (AvgIpc) is 2.66. The van der Waals surface area contributed by atoms with Gasteiger partial charge in [0.1, 0.15) is 0 Å². The van der Waals surface area contributed by atoms with Crippen LogP contribution in [0.4, 0.5) is 0 Å². The molecule has 0 aromatic heterocycles. The van der Waals surface area contributed by atoms with Crippen LogP contribution in [0.25, 0.3) is 0 Å². The molecule has 2 rings (SSSR count). The van der Waals surface area contributed by atoms with Crippen LogP contribution in [-0.2, 0) is 9.47 Å². The minimum Gasteiger partial charge on any atom is -0.384 e. The van der Waals surface area contributed by atoms with Gasteiger partial charge < -0.3 is 9.47 Å². The predicted octanol–water partition coefficient (Wildman–Crippen LogP) is 3.10. The molecule has 16 heavy (non-hydrogen) atoms. The molecular weight excluding hydrogens is 200 g/mol. The van der Waals surface area contributed by atoms with Crippen LogP contribution >= 0.6 is 0 Å². The number of allylic oxidation sites excluding steroid dienone is 4. The van der Waals surface area contributed by atoms with Gasteiger partial charge in [-0.05, 0) is 43.8 Å². The maximum absolute atomic E-state index is 5.40. The minimum absolute atomic E-state index is 0.174. The first-order valence-corrected chi connectivity index (χ1v) is 6.07. The third kappa shape index (κ3) is 2.09. The Hall–Kier alpha value is -0.600. The topological polar surface area (TPSA) is 18.5 Å². The summed E-state index contributed by atoms with van der Waals surface area (Å²) in [7, 11) is 3.57. The van der Waals surface area contributed by atoms with E-state index in [0.29, 0.717) is 0 Å². The summed E-state index contributed by atoms with van der Waals surface area (Å²) in [6.07, 6.45) is 7.12. The molecule has 0 saturated carbocycles. The second-order valence-electron chi connectivity index (χ2n) is 5.25. The zero-order valence-corrected chi connectivity index (χ0v) is 10.6. The van der Waals surface area contributed by atoms with Crippen LogP contribution in [0.15, 0.2) is 22.8 Å². The Morgan fingerprint density at radius 1 is 1.19 bits per heavy atom. The van der Waals surface area contributed by atoms with Crippen LogP contribution in [-0.4, -0.2) is 27.4 Å². The summed E-state index contributed by atoms with van der Waals surface area (Å²) in [6, 6.07) is 0. The van der Waals surface area contributed by atoms with E-state index < -0.39 is 0 Å². The van der Waals surface area contributed by atoms with Gasteiger partial charge in [0.2, 0.25) is 0 Å². The van der Waals surface area contributed by atoms with E-state index in [1.165, 1.54) is 12.8 Å². The molecule has 0 unspecified atom stereocenters. The monoisotopic (exact) mass is 222 g/mol. The maximum atomic E-state index is 5.40. The van der Waals surface area contributed by atoms with Crippen molar-refractivity contribution in [2.45, 2.75) is 32.6 Å². The summed E-state index contributed by atoms with van der Waals surface area (Å²) < 4.78 is 10.8. The molecule has 2 aliphatic carbocycles. The number of fused-ring (bicyclic) bond motifs is 1. The van der Waals surface area contributed by atoms with Gasteiger partial charge in [0.15, 0.2) is 0 Å². The predicted molar refractivity (Wildman–Crippen MR) is 65.4 cm³/mol. The number of methoxy groups -OCH3 is 2. The number of hydrogen-bond acceptors (Lipinski definition) is 2. The van der Waals surface area contributed by atoms with E-state index in [-0.39, 0.29) is 5.41 Å². The Bertz CT molecular complexity index is 308. The lowest BCUT2D eigenvalue weighted by atomic mass is 9.71. The van der Waals surface area contributed by atoms with Crippen LogP contribution in [0.1, 0.15) is 32.6 Å². The van der Waals surface area contributed by atoms with Crippen molar-refractivity contribution in [1.29, 1.82) is 0 Å². The lowest BCUT2D eigenvalue weighted by Crippen LogP contribution is -2.35. The molecule has 0 bridgehead atoms. The van der Waals surface area contributed by atoms with E-state index in [1.807, 2.05) is 0 Å². The molecule has 2 aliphatic rings. The zero-order valence-electron chi connectivity index (χ0n) is 10.6. The highest BCUT2D eigenvalue weighted by Gasteiger charge is 2.37. The highest BCUT2D eigenvalue weighted by molar-refractivity contribution is 5.43. The fraction of sp³-hybridized carbons (Fsp3) is 0.714. The number of hydrogen-bond donors (Lipinski definition) is 0. The summed E-state index contributed by atoms with van der Waals surface area (Å²) in [5.74, 6) is 0. The standard InChI is InChI=1S/C14H22O2/c1-11-7-14(9-15-2,10-16-3)8-12-5-4-6-13(11)12/h5H,4,6-10H2,1-3H3. The molecule has 2 nitrogen and oxygen atoms in total. The van der Waals surface area contributed by atoms with Crippen LogP contribution < -0.4 is 0 Å². The minimum atomic E-state index is 0.174. The van der Waals surface area contributed by atoms with E-state index in [2.05, 4.69) is 13.0 Å². The first-order chi connectivity index (χ1) is 7.71. The van der Waals surface area contributed by atoms with Crippen molar-refractivity contribution in [3.8, 4) is 0 Å². The lowest BCUT2D eigenvalue weighted by molar-refractivity contribution is 0.00836. The van der Waals surface area contributed by atoms with E-state index in [4.69, 9.17) is 9.47 Å². The molecule has 0 atom stereocenters. The van der Waals surface area contributed by atoms with Gasteiger partial charge >= 0.3 is 0 Å². The second kappa shape index (κ2) is 4.72. The third-order valence-electron chi connectivity index (χ3n) is 3.79. The van der Waals surface area contributed by atoms with Crippen molar-refractivity contribution in [2.24, 2.45) is 5.41 Å². The molecule has 0 aliphatic heterocycles. The van der Waals surface area contributed by atoms with Crippen molar-refractivity contribution >= 4 is 0 Å². The van der Waals surface area contributed by atoms with Crippen LogP contribution in [0.2, 0.25) is 0 Å². The molecule has 0 saturated heterocycles. The van der Waals surface area contributed by atoms with Crippen LogP contribution in [0.3, 0.4) is 0 Å². The largest absolute Gasteiger partial charge is 0.384 e. The summed E-state index contributed by atoms with van der Waals surface area (Å²) in [5, 5.41) is 0. The summed E-state index contributed by atoms with van der Waals surface area (Å²) >= 11 is 0. The smallest absolute Gasteiger partial charge is 0.0547 e. The number of rotatable bonds is 4. The molecule has 0 spiro atoms. The second-order valence-corrected chi connectivity index (χ2v) is 5.25. The molecule has 90 valence electrons. The van der Waals surface area contributed by atoms with Crippen molar-refractivity contribution in [3.63, 3.8) is 0 Å². The van der Waals surface area contributed by atoms with E-state index >= 15 is 0 Å². The van der Waals surface area contributed by atoms with Crippen molar-refractivity contribution in [3.05, 3.63) is 22.8 Å². The van der Waals surface area contributed by atoms with E-state index in [9.17, 15) is 0 Å². The van der Waals surface area contributed by atoms with Crippen LogP contribution in [0.5, 0.6) is 0 Å². The summed E-state index contributed by atoms with van der Waals surface area (Å²) in [5.41, 5.74) is 4.89. The Morgan fingerprint density at radius 2 is 1.88 bits per heavy atom. The SMILES string of the molecule is COCC1(COC)CC2=CCCC2=C(C)C1. The molecule has 2 heteroatoms. The zero-order chi connectivity index (χ0) is 11.6. The Balaban J connectivity index is 2.24. The van der Waals surface area contributed by atoms with Gasteiger partial charge in [-0.15, -0.1) is 0 Å². The molecule has 0 aromatic rings. The van der Waals surface area contributed by atoms with Gasteiger partial charge in [-0.1, -0.05) is 11.6 Å². The molecule has 0 heterocycles. The highest BCUT2D eigenvalue weighted by atomic mass is 16.5. The Kier molecular flexibility index (Phi) is 3.50. The molecular formula is C14H22O2. The van der Waals surface area contributed by atoms with Gasteiger partial charge in [0.25, 0.3) is 0 Å².